The molecule has 0 unspecified atom stereocenters. The minimum absolute atomic E-state index is 0.199. The van der Waals surface area contributed by atoms with Gasteiger partial charge >= 0.3 is 0 Å². The molecule has 1 amide bonds. The van der Waals surface area contributed by atoms with E-state index < -0.39 is 0 Å². The maximum atomic E-state index is 11.8. The topological polar surface area (TPSA) is 46.2 Å². The summed E-state index contributed by atoms with van der Waals surface area (Å²) in [6.45, 7) is 9.23. The highest BCUT2D eigenvalue weighted by Gasteiger charge is 2.21. The van der Waals surface area contributed by atoms with Gasteiger partial charge in [-0.05, 0) is 36.5 Å². The first-order chi connectivity index (χ1) is 11.4. The molecule has 0 aromatic heterocycles. The van der Waals surface area contributed by atoms with Crippen LogP contribution in [0.1, 0.15) is 91.9 Å². The Balaban J connectivity index is 2.05. The molecule has 140 valence electrons. The van der Waals surface area contributed by atoms with Crippen molar-refractivity contribution >= 4 is 11.7 Å². The minimum Gasteiger partial charge on any atom is -0.356 e. The molecule has 0 aromatic rings. The fourth-order valence-corrected chi connectivity index (χ4v) is 3.81. The van der Waals surface area contributed by atoms with Crippen molar-refractivity contribution in [2.75, 3.05) is 6.54 Å². The van der Waals surface area contributed by atoms with Crippen molar-refractivity contribution < 1.29 is 9.59 Å². The molecule has 0 bridgehead atoms. The number of nitrogens with one attached hydrogen (secondary N) is 1. The van der Waals surface area contributed by atoms with Gasteiger partial charge in [0, 0.05) is 25.8 Å². The van der Waals surface area contributed by atoms with Crippen molar-refractivity contribution in [2.45, 2.75) is 91.9 Å². The first-order valence-corrected chi connectivity index (χ1v) is 10.1. The molecular formula is C21H39NO2. The van der Waals surface area contributed by atoms with E-state index in [-0.39, 0.29) is 5.91 Å². The fraction of sp³-hybridized carbons (Fsp3) is 0.905. The number of ketones is 1. The normalized spacial score (nSPS) is 21.2. The van der Waals surface area contributed by atoms with Gasteiger partial charge in [0.25, 0.3) is 0 Å². The van der Waals surface area contributed by atoms with E-state index in [0.29, 0.717) is 24.0 Å². The van der Waals surface area contributed by atoms with Crippen LogP contribution in [0.5, 0.6) is 0 Å². The predicted molar refractivity (Wildman–Crippen MR) is 101 cm³/mol. The molecule has 0 aliphatic heterocycles. The first-order valence-electron chi connectivity index (χ1n) is 10.1. The zero-order valence-corrected chi connectivity index (χ0v) is 16.4. The minimum atomic E-state index is 0.199. The highest BCUT2D eigenvalue weighted by Crippen LogP contribution is 2.33. The lowest BCUT2D eigenvalue weighted by Crippen LogP contribution is -2.27. The molecule has 0 spiro atoms. The smallest absolute Gasteiger partial charge is 0.220 e. The van der Waals surface area contributed by atoms with Crippen molar-refractivity contribution in [3.63, 3.8) is 0 Å². The monoisotopic (exact) mass is 337 g/mol. The molecule has 3 nitrogen and oxygen atoms in total. The highest BCUT2D eigenvalue weighted by atomic mass is 16.1. The summed E-state index contributed by atoms with van der Waals surface area (Å²) in [5.41, 5.74) is 0. The van der Waals surface area contributed by atoms with E-state index in [2.05, 4.69) is 33.0 Å². The quantitative estimate of drug-likeness (QED) is 0.568. The second-order valence-electron chi connectivity index (χ2n) is 8.65. The largest absolute Gasteiger partial charge is 0.356 e. The van der Waals surface area contributed by atoms with Gasteiger partial charge in [0.2, 0.25) is 5.91 Å². The summed E-state index contributed by atoms with van der Waals surface area (Å²) in [5, 5.41) is 3.06. The van der Waals surface area contributed by atoms with Crippen molar-refractivity contribution in [3.8, 4) is 0 Å². The number of hydrogen-bond donors (Lipinski definition) is 1. The Morgan fingerprint density at radius 1 is 0.875 bits per heavy atom. The Kier molecular flexibility index (Phi) is 10.3. The predicted octanol–water partition coefficient (Wildman–Crippen LogP) is 5.13. The van der Waals surface area contributed by atoms with Crippen LogP contribution in [0.3, 0.4) is 0 Å². The van der Waals surface area contributed by atoms with Crippen LogP contribution in [-0.4, -0.2) is 18.2 Å². The first kappa shape index (κ1) is 21.2. The average molecular weight is 338 g/mol. The van der Waals surface area contributed by atoms with E-state index in [4.69, 9.17) is 0 Å². The molecule has 0 radical (unpaired) electrons. The van der Waals surface area contributed by atoms with E-state index in [0.717, 1.165) is 44.1 Å². The molecule has 0 saturated heterocycles. The number of hydrogen-bond acceptors (Lipinski definition) is 2. The number of rotatable bonds is 11. The SMILES string of the molecule is CC(C)CC(=O)CCCC1CCC(CCNC(=O)CC(C)C)CC1. The van der Waals surface area contributed by atoms with Gasteiger partial charge in [-0.2, -0.15) is 0 Å². The molecular weight excluding hydrogens is 298 g/mol. The van der Waals surface area contributed by atoms with Gasteiger partial charge in [0.1, 0.15) is 5.78 Å². The Bertz CT molecular complexity index is 332. The van der Waals surface area contributed by atoms with Crippen molar-refractivity contribution in [1.29, 1.82) is 0 Å². The standard InChI is InChI=1S/C21H39NO2/c1-16(2)14-20(23)7-5-6-18-8-10-19(11-9-18)12-13-22-21(24)15-17(3)4/h16-19H,5-15H2,1-4H3,(H,22,24). The van der Waals surface area contributed by atoms with Crippen LogP contribution in [0.15, 0.2) is 0 Å². The molecule has 1 fully saturated rings. The summed E-state index contributed by atoms with van der Waals surface area (Å²) >= 11 is 0. The summed E-state index contributed by atoms with van der Waals surface area (Å²) < 4.78 is 0. The van der Waals surface area contributed by atoms with Gasteiger partial charge in [-0.1, -0.05) is 59.8 Å². The summed E-state index contributed by atoms with van der Waals surface area (Å²) in [7, 11) is 0. The summed E-state index contributed by atoms with van der Waals surface area (Å²) in [4.78, 5) is 23.4. The zero-order chi connectivity index (χ0) is 17.9. The van der Waals surface area contributed by atoms with E-state index in [9.17, 15) is 9.59 Å². The number of Topliss-reactive ketones (excluding diaryl/α,β-unsaturated/α-hetero) is 1. The van der Waals surface area contributed by atoms with Crippen molar-refractivity contribution in [1.82, 2.24) is 5.32 Å². The lowest BCUT2D eigenvalue weighted by atomic mass is 9.78. The third-order valence-corrected chi connectivity index (χ3v) is 5.14. The van der Waals surface area contributed by atoms with Crippen molar-refractivity contribution in [2.24, 2.45) is 23.7 Å². The van der Waals surface area contributed by atoms with Crippen LogP contribution in [-0.2, 0) is 9.59 Å². The Hall–Kier alpha value is -0.860. The molecule has 1 N–H and O–H groups in total. The Labute approximate surface area is 149 Å². The average Bonchev–Trinajstić information content (AvgIpc) is 2.47. The second kappa shape index (κ2) is 11.7. The fourth-order valence-electron chi connectivity index (χ4n) is 3.81. The molecule has 3 heteroatoms. The van der Waals surface area contributed by atoms with Crippen LogP contribution >= 0.6 is 0 Å². The van der Waals surface area contributed by atoms with Gasteiger partial charge in [0.15, 0.2) is 0 Å². The third kappa shape index (κ3) is 10.1. The third-order valence-electron chi connectivity index (χ3n) is 5.14. The van der Waals surface area contributed by atoms with Crippen LogP contribution < -0.4 is 5.32 Å². The second-order valence-corrected chi connectivity index (χ2v) is 8.65. The molecule has 1 aliphatic rings. The van der Waals surface area contributed by atoms with Crippen LogP contribution in [0.2, 0.25) is 0 Å². The Morgan fingerprint density at radius 2 is 1.42 bits per heavy atom. The molecule has 24 heavy (non-hydrogen) atoms. The molecule has 1 saturated carbocycles. The molecule has 0 heterocycles. The highest BCUT2D eigenvalue weighted by molar-refractivity contribution is 5.78. The van der Waals surface area contributed by atoms with Gasteiger partial charge in [-0.25, -0.2) is 0 Å². The summed E-state index contributed by atoms with van der Waals surface area (Å²) in [6.07, 6.45) is 10.8. The maximum Gasteiger partial charge on any atom is 0.220 e. The van der Waals surface area contributed by atoms with Gasteiger partial charge < -0.3 is 5.32 Å². The van der Waals surface area contributed by atoms with Gasteiger partial charge in [-0.3, -0.25) is 9.59 Å². The van der Waals surface area contributed by atoms with Crippen LogP contribution in [0.25, 0.3) is 0 Å². The number of carbonyl (C=O) groups excluding carboxylic acids is 2. The molecule has 0 aromatic carbocycles. The van der Waals surface area contributed by atoms with E-state index in [1.165, 1.54) is 32.1 Å². The number of carbonyl (C=O) groups is 2. The van der Waals surface area contributed by atoms with Gasteiger partial charge in [0.05, 0.1) is 0 Å². The van der Waals surface area contributed by atoms with E-state index in [1.54, 1.807) is 0 Å². The van der Waals surface area contributed by atoms with E-state index in [1.807, 2.05) is 0 Å². The maximum absolute atomic E-state index is 11.8. The zero-order valence-electron chi connectivity index (χ0n) is 16.4. The lowest BCUT2D eigenvalue weighted by Gasteiger charge is -2.28. The Morgan fingerprint density at radius 3 is 1.96 bits per heavy atom. The molecule has 1 rings (SSSR count). The summed E-state index contributed by atoms with van der Waals surface area (Å²) in [5.74, 6) is 3.18. The van der Waals surface area contributed by atoms with Crippen LogP contribution in [0.4, 0.5) is 0 Å². The van der Waals surface area contributed by atoms with Gasteiger partial charge in [-0.15, -0.1) is 0 Å². The van der Waals surface area contributed by atoms with E-state index >= 15 is 0 Å². The summed E-state index contributed by atoms with van der Waals surface area (Å²) in [6, 6.07) is 0. The lowest BCUT2D eigenvalue weighted by molar-refractivity contribution is -0.122. The number of amides is 1. The van der Waals surface area contributed by atoms with Crippen LogP contribution in [0, 0.1) is 23.7 Å². The molecule has 0 atom stereocenters. The molecule has 1 aliphatic carbocycles. The van der Waals surface area contributed by atoms with Crippen molar-refractivity contribution in [3.05, 3.63) is 0 Å².